The van der Waals surface area contributed by atoms with Crippen LogP contribution in [0.25, 0.3) is 0 Å². The van der Waals surface area contributed by atoms with Gasteiger partial charge in [0.25, 0.3) is 0 Å². The topological polar surface area (TPSA) is 84.5 Å². The van der Waals surface area contributed by atoms with Crippen molar-refractivity contribution < 1.29 is 17.9 Å². The average molecular weight is 477 g/mol. The van der Waals surface area contributed by atoms with Crippen LogP contribution in [0.15, 0.2) is 59.5 Å². The van der Waals surface area contributed by atoms with E-state index >= 15 is 0 Å². The van der Waals surface area contributed by atoms with Crippen LogP contribution in [0.3, 0.4) is 0 Å². The van der Waals surface area contributed by atoms with Gasteiger partial charge in [0.1, 0.15) is 11.8 Å². The molecule has 2 N–H and O–H groups in total. The van der Waals surface area contributed by atoms with Crippen molar-refractivity contribution in [3.63, 3.8) is 0 Å². The molecular formula is C24H32N2O4S2. The Balaban J connectivity index is 1.77. The fourth-order valence-electron chi connectivity index (χ4n) is 4.39. The van der Waals surface area contributed by atoms with Crippen LogP contribution in [0, 0.1) is 0 Å². The second-order valence-corrected chi connectivity index (χ2v) is 10.9. The first-order valence-electron chi connectivity index (χ1n) is 10.9. The summed E-state index contributed by atoms with van der Waals surface area (Å²) < 4.78 is 33.9. The Morgan fingerprint density at radius 2 is 1.75 bits per heavy atom. The zero-order valence-corrected chi connectivity index (χ0v) is 20.3. The number of sulfonamides is 1. The third-order valence-corrected chi connectivity index (χ3v) is 8.25. The van der Waals surface area contributed by atoms with E-state index in [1.165, 1.54) is 12.1 Å². The average Bonchev–Trinajstić information content (AvgIpc) is 3.30. The molecule has 0 bridgehead atoms. The minimum absolute atomic E-state index is 0.156. The number of thioether (sulfide) groups is 1. The van der Waals surface area contributed by atoms with Crippen molar-refractivity contribution >= 4 is 27.7 Å². The van der Waals surface area contributed by atoms with Gasteiger partial charge in [-0.25, -0.2) is 8.42 Å². The van der Waals surface area contributed by atoms with Crippen molar-refractivity contribution in [2.24, 2.45) is 0 Å². The van der Waals surface area contributed by atoms with E-state index < -0.39 is 16.1 Å². The molecule has 8 heteroatoms. The Labute approximate surface area is 195 Å². The Morgan fingerprint density at radius 3 is 2.41 bits per heavy atom. The molecule has 0 aliphatic heterocycles. The second kappa shape index (κ2) is 11.2. The molecule has 32 heavy (non-hydrogen) atoms. The van der Waals surface area contributed by atoms with Gasteiger partial charge in [0, 0.05) is 17.5 Å². The predicted molar refractivity (Wildman–Crippen MR) is 130 cm³/mol. The maximum atomic E-state index is 13.2. The fraction of sp³-hybridized carbons (Fsp3) is 0.458. The molecule has 2 aromatic rings. The summed E-state index contributed by atoms with van der Waals surface area (Å²) in [6.07, 6.45) is 6.45. The molecule has 1 saturated carbocycles. The number of benzene rings is 2. The van der Waals surface area contributed by atoms with Crippen LogP contribution in [-0.4, -0.2) is 46.0 Å². The van der Waals surface area contributed by atoms with Gasteiger partial charge in [-0.1, -0.05) is 49.2 Å². The van der Waals surface area contributed by atoms with Crippen LogP contribution >= 0.6 is 11.8 Å². The first kappa shape index (κ1) is 24.6. The van der Waals surface area contributed by atoms with Gasteiger partial charge in [-0.3, -0.25) is 4.79 Å². The molecule has 1 unspecified atom stereocenters. The summed E-state index contributed by atoms with van der Waals surface area (Å²) in [5.41, 5.74) is 0.899. The lowest BCUT2D eigenvalue weighted by atomic mass is 9.78. The lowest BCUT2D eigenvalue weighted by Crippen LogP contribution is -2.50. The van der Waals surface area contributed by atoms with E-state index in [4.69, 9.17) is 4.74 Å². The molecule has 0 heterocycles. The minimum Gasteiger partial charge on any atom is -0.496 e. The quantitative estimate of drug-likeness (QED) is 0.516. The standard InChI is InChI=1S/C24H32N2O4S2/c1-30-22-13-7-6-12-20(22)24(15-8-9-16-24)18-25-23(27)21(14-17-31-2)26-32(28,29)19-10-4-3-5-11-19/h3-7,10-13,21,26H,8-9,14-18H2,1-2H3,(H,25,27). The van der Waals surface area contributed by atoms with E-state index in [1.807, 2.05) is 24.5 Å². The summed E-state index contributed by atoms with van der Waals surface area (Å²) in [4.78, 5) is 13.3. The normalized spacial score (nSPS) is 16.4. The highest BCUT2D eigenvalue weighted by molar-refractivity contribution is 7.98. The number of hydrogen-bond acceptors (Lipinski definition) is 5. The number of nitrogens with one attached hydrogen (secondary N) is 2. The molecule has 3 rings (SSSR count). The summed E-state index contributed by atoms with van der Waals surface area (Å²) in [5, 5.41) is 3.07. The van der Waals surface area contributed by atoms with Crippen LogP contribution < -0.4 is 14.8 Å². The third-order valence-electron chi connectivity index (χ3n) is 6.12. The van der Waals surface area contributed by atoms with Crippen LogP contribution in [-0.2, 0) is 20.2 Å². The molecule has 0 spiro atoms. The van der Waals surface area contributed by atoms with E-state index in [9.17, 15) is 13.2 Å². The van der Waals surface area contributed by atoms with Gasteiger partial charge in [0.2, 0.25) is 15.9 Å². The molecule has 174 valence electrons. The maximum Gasteiger partial charge on any atom is 0.241 e. The van der Waals surface area contributed by atoms with E-state index in [-0.39, 0.29) is 16.2 Å². The molecule has 0 saturated heterocycles. The Kier molecular flexibility index (Phi) is 8.62. The van der Waals surface area contributed by atoms with Crippen LogP contribution in [0.5, 0.6) is 5.75 Å². The molecule has 1 aliphatic carbocycles. The Bertz CT molecular complexity index is 990. The zero-order valence-electron chi connectivity index (χ0n) is 18.7. The summed E-state index contributed by atoms with van der Waals surface area (Å²) >= 11 is 1.58. The highest BCUT2D eigenvalue weighted by Gasteiger charge is 2.38. The van der Waals surface area contributed by atoms with Crippen molar-refractivity contribution in [1.29, 1.82) is 0 Å². The number of ether oxygens (including phenoxy) is 1. The van der Waals surface area contributed by atoms with Gasteiger partial charge in [-0.2, -0.15) is 16.5 Å². The van der Waals surface area contributed by atoms with Gasteiger partial charge in [0.15, 0.2) is 0 Å². The molecule has 0 radical (unpaired) electrons. The monoisotopic (exact) mass is 476 g/mol. The smallest absolute Gasteiger partial charge is 0.241 e. The van der Waals surface area contributed by atoms with Gasteiger partial charge >= 0.3 is 0 Å². The fourth-order valence-corrected chi connectivity index (χ4v) is 6.11. The number of amides is 1. The van der Waals surface area contributed by atoms with E-state index in [0.717, 1.165) is 37.0 Å². The van der Waals surface area contributed by atoms with Crippen molar-refractivity contribution in [1.82, 2.24) is 10.0 Å². The first-order chi connectivity index (χ1) is 15.4. The molecule has 2 aromatic carbocycles. The number of methoxy groups -OCH3 is 1. The summed E-state index contributed by atoms with van der Waals surface area (Å²) in [6, 6.07) is 15.3. The molecule has 1 atom stereocenters. The lowest BCUT2D eigenvalue weighted by molar-refractivity contribution is -0.123. The van der Waals surface area contributed by atoms with Crippen LogP contribution in [0.4, 0.5) is 0 Å². The number of para-hydroxylation sites is 1. The highest BCUT2D eigenvalue weighted by atomic mass is 32.2. The van der Waals surface area contributed by atoms with Crippen LogP contribution in [0.1, 0.15) is 37.7 Å². The molecule has 6 nitrogen and oxygen atoms in total. The number of carbonyl (C=O) groups excluding carboxylic acids is 1. The van der Waals surface area contributed by atoms with Crippen LogP contribution in [0.2, 0.25) is 0 Å². The lowest BCUT2D eigenvalue weighted by Gasteiger charge is -2.32. The van der Waals surface area contributed by atoms with Crippen molar-refractivity contribution in [2.45, 2.75) is 48.5 Å². The van der Waals surface area contributed by atoms with Crippen molar-refractivity contribution in [2.75, 3.05) is 25.7 Å². The highest BCUT2D eigenvalue weighted by Crippen LogP contribution is 2.44. The molecule has 1 aliphatic rings. The van der Waals surface area contributed by atoms with E-state index in [1.54, 1.807) is 37.1 Å². The third kappa shape index (κ3) is 5.85. The predicted octanol–water partition coefficient (Wildman–Crippen LogP) is 3.72. The summed E-state index contributed by atoms with van der Waals surface area (Å²) in [6.45, 7) is 0.453. The molecule has 1 amide bonds. The SMILES string of the molecule is COc1ccccc1C1(CNC(=O)C(CCSC)NS(=O)(=O)c2ccccc2)CCCC1. The Hall–Kier alpha value is -2.03. The summed E-state index contributed by atoms with van der Waals surface area (Å²) in [5.74, 6) is 1.21. The first-order valence-corrected chi connectivity index (χ1v) is 13.8. The zero-order chi connectivity index (χ0) is 23.0. The van der Waals surface area contributed by atoms with Gasteiger partial charge in [-0.05, 0) is 49.5 Å². The number of hydrogen-bond donors (Lipinski definition) is 2. The molecular weight excluding hydrogens is 444 g/mol. The Morgan fingerprint density at radius 1 is 1.09 bits per heavy atom. The maximum absolute atomic E-state index is 13.2. The molecule has 1 fully saturated rings. The van der Waals surface area contributed by atoms with E-state index in [0.29, 0.717) is 18.7 Å². The summed E-state index contributed by atoms with van der Waals surface area (Å²) in [7, 11) is -2.13. The number of rotatable bonds is 11. The van der Waals surface area contributed by atoms with E-state index in [2.05, 4.69) is 16.1 Å². The van der Waals surface area contributed by atoms with Gasteiger partial charge in [0.05, 0.1) is 12.0 Å². The largest absolute Gasteiger partial charge is 0.496 e. The second-order valence-electron chi connectivity index (χ2n) is 8.17. The van der Waals surface area contributed by atoms with Crippen molar-refractivity contribution in [3.05, 3.63) is 60.2 Å². The van der Waals surface area contributed by atoms with Gasteiger partial charge in [-0.15, -0.1) is 0 Å². The van der Waals surface area contributed by atoms with Crippen molar-refractivity contribution in [3.8, 4) is 5.75 Å². The number of carbonyl (C=O) groups is 1. The molecule has 0 aromatic heterocycles. The minimum atomic E-state index is -3.79. The van der Waals surface area contributed by atoms with Gasteiger partial charge < -0.3 is 10.1 Å².